The fourth-order valence-electron chi connectivity index (χ4n) is 14.4. The summed E-state index contributed by atoms with van der Waals surface area (Å²) in [6.07, 6.45) is 25.5. The van der Waals surface area contributed by atoms with E-state index in [9.17, 15) is 32.4 Å². The standard InChI is InChI=1S/C26H33NO5S.C18H18N2O.C15H22N2O.C15H19NO.C7H15NO.C6H8.C5H11N.C2H6/c1-8-13-26(6)19-14-17(2)9-11-20(19)27(24(26)29)33(30,31)23-12-10-18(15-22(23)32-7)21(28)16-25(3,4)5;1-3-7-14(2)18(21)20-13-16-9-6-11-19(16)12-15-8-4-5-10-17(15)20;1-11(2)17-15(18)10-12-6-5-9-16-14-8-4-3-7-13(12)14;1-3-7-15(17)16-11-6-8-12(2)13-9-4-5-10-14(13)16;1-2-3-8-4-6-9-7-5-8;1-3-5-6-4-2;1-6-4-2-3-5-6;1-2/h9-12,14-15H,8,13,16H2,1-7H3;3-11H,2,12-13H2,1H3;3-4,7-8,11-12,16H,5-6,9-10H2,1-2H3,(H,17,18);3-5,9-10,12H,1,6-8,11H2,2H3;2-7H2,1H3;3-6H,1-2H2;2-5H2,1H3;1-2H3/b;7-3-;;;;6-5-;;/t;;12-;;;;;/m..1...../s1. The highest BCUT2D eigenvalue weighted by molar-refractivity contribution is 7.93. The van der Waals surface area contributed by atoms with Crippen LogP contribution in [-0.2, 0) is 52.4 Å². The molecule has 4 amide bonds. The molecule has 0 spiro atoms. The first-order chi connectivity index (χ1) is 53.6. The maximum atomic E-state index is 13.8. The van der Waals surface area contributed by atoms with Crippen LogP contribution in [0.15, 0.2) is 207 Å². The third kappa shape index (κ3) is 27.6. The van der Waals surface area contributed by atoms with Crippen LogP contribution in [0.1, 0.15) is 216 Å². The van der Waals surface area contributed by atoms with E-state index >= 15 is 0 Å². The van der Waals surface area contributed by atoms with Crippen molar-refractivity contribution in [2.75, 3.05) is 92.6 Å². The lowest BCUT2D eigenvalue weighted by molar-refractivity contribution is -0.122. The van der Waals surface area contributed by atoms with E-state index in [0.717, 1.165) is 111 Å². The van der Waals surface area contributed by atoms with E-state index in [1.54, 1.807) is 43.4 Å². The predicted molar refractivity (Wildman–Crippen MR) is 466 cm³/mol. The second-order valence-corrected chi connectivity index (χ2v) is 32.4. The molecule has 0 bridgehead atoms. The van der Waals surface area contributed by atoms with Gasteiger partial charge in [-0.1, -0.05) is 196 Å². The Balaban J connectivity index is 0.000000249. The number of sulfonamides is 1. The molecule has 608 valence electrons. The highest BCUT2D eigenvalue weighted by Crippen LogP contribution is 2.48. The van der Waals surface area contributed by atoms with Crippen LogP contribution in [0.2, 0.25) is 0 Å². The first-order valence-electron chi connectivity index (χ1n) is 40.4. The Morgan fingerprint density at radius 2 is 1.42 bits per heavy atom. The van der Waals surface area contributed by atoms with Gasteiger partial charge in [-0.2, -0.15) is 0 Å². The number of aromatic nitrogens is 1. The molecule has 18 heteroatoms. The number of nitrogens with zero attached hydrogens (tertiary/aromatic N) is 6. The molecule has 6 aliphatic rings. The number of ketones is 1. The van der Waals surface area contributed by atoms with Crippen LogP contribution in [0.3, 0.4) is 0 Å². The van der Waals surface area contributed by atoms with E-state index in [-0.39, 0.29) is 45.6 Å². The number of aryl methyl sites for hydroxylation is 1. The zero-order chi connectivity index (χ0) is 82.6. The quantitative estimate of drug-likeness (QED) is 0.0360. The molecule has 1 aromatic heterocycles. The van der Waals surface area contributed by atoms with Gasteiger partial charge in [0.25, 0.3) is 21.8 Å². The number of carbonyl (C=O) groups excluding carboxylic acids is 5. The lowest BCUT2D eigenvalue weighted by Crippen LogP contribution is -2.41. The van der Waals surface area contributed by atoms with Crippen molar-refractivity contribution >= 4 is 62.2 Å². The van der Waals surface area contributed by atoms with Gasteiger partial charge in [-0.05, 0) is 207 Å². The molecule has 7 heterocycles. The number of hydrogen-bond acceptors (Lipinski definition) is 12. The Labute approximate surface area is 673 Å². The van der Waals surface area contributed by atoms with Gasteiger partial charge >= 0.3 is 0 Å². The Kier molecular flexibility index (Phi) is 39.5. The van der Waals surface area contributed by atoms with Gasteiger partial charge in [0.1, 0.15) is 10.6 Å². The van der Waals surface area contributed by atoms with Gasteiger partial charge in [0.2, 0.25) is 11.8 Å². The minimum Gasteiger partial charge on any atom is -0.495 e. The number of morpholine rings is 1. The van der Waals surface area contributed by atoms with Gasteiger partial charge < -0.3 is 39.4 Å². The largest absolute Gasteiger partial charge is 0.495 e. The SMILES string of the molecule is C=C(/C=C\C)C(=O)N1Cc2cccn2Cc2ccccc21.C=C/C=C\C=C.C=CCC(=O)N1CCCC(C)c2ccccc21.CC.CC(C)NC(=O)C[C@H]1CCCNc2ccccc21.CCCC1(C)C(=O)N(S(=O)(=O)c2ccc(C(=O)CC(C)(C)C)cc2OC)c2ccc(C)cc21.CCCN1CCOCC1.CN1CCCC1. The first-order valence-corrected chi connectivity index (χ1v) is 41.8. The summed E-state index contributed by atoms with van der Waals surface area (Å²) in [5.74, 6) is 0.615. The topological polar surface area (TPSA) is 183 Å². The van der Waals surface area contributed by atoms with E-state index in [4.69, 9.17) is 9.47 Å². The van der Waals surface area contributed by atoms with Crippen LogP contribution >= 0.6 is 0 Å². The highest BCUT2D eigenvalue weighted by atomic mass is 32.2. The third-order valence-electron chi connectivity index (χ3n) is 19.9. The van der Waals surface area contributed by atoms with E-state index < -0.39 is 21.3 Å². The number of amides is 4. The molecule has 2 saturated heterocycles. The van der Waals surface area contributed by atoms with Crippen molar-refractivity contribution in [2.24, 2.45) is 5.41 Å². The fourth-order valence-corrected chi connectivity index (χ4v) is 16.0. The van der Waals surface area contributed by atoms with Crippen LogP contribution < -0.4 is 29.5 Å². The summed E-state index contributed by atoms with van der Waals surface area (Å²) in [6, 6.07) is 38.6. The molecule has 0 aliphatic carbocycles. The molecule has 6 aliphatic heterocycles. The average Bonchev–Trinajstić information content (AvgIpc) is 1.56. The third-order valence-corrected chi connectivity index (χ3v) is 21.6. The molecular formula is C94H132N8O9S. The highest BCUT2D eigenvalue weighted by Gasteiger charge is 2.52. The Morgan fingerprint density at radius 1 is 0.768 bits per heavy atom. The number of methoxy groups -OCH3 is 1. The van der Waals surface area contributed by atoms with Crippen molar-refractivity contribution < 1.29 is 41.9 Å². The number of rotatable bonds is 18. The summed E-state index contributed by atoms with van der Waals surface area (Å²) in [6.45, 7) is 51.6. The van der Waals surface area contributed by atoms with Crippen molar-refractivity contribution in [1.29, 1.82) is 0 Å². The summed E-state index contributed by atoms with van der Waals surface area (Å²) in [4.78, 5) is 71.4. The van der Waals surface area contributed by atoms with Crippen molar-refractivity contribution in [3.05, 3.63) is 241 Å². The molecule has 0 saturated carbocycles. The van der Waals surface area contributed by atoms with Gasteiger partial charge in [-0.3, -0.25) is 28.9 Å². The molecule has 3 atom stereocenters. The number of Topliss-reactive ketones (excluding diaryl/α,β-unsaturated/α-hetero) is 1. The maximum Gasteiger partial charge on any atom is 0.274 e. The van der Waals surface area contributed by atoms with Gasteiger partial charge in [0.05, 0.1) is 38.0 Å². The number of carbonyl (C=O) groups is 5. The number of benzene rings is 5. The molecule has 12 rings (SSSR count). The van der Waals surface area contributed by atoms with Crippen LogP contribution in [0.4, 0.5) is 22.7 Å². The minimum atomic E-state index is -4.28. The van der Waals surface area contributed by atoms with Crippen LogP contribution in [0.5, 0.6) is 5.75 Å². The number of ether oxygens (including phenoxy) is 2. The monoisotopic (exact) mass is 1550 g/mol. The lowest BCUT2D eigenvalue weighted by atomic mass is 9.79. The van der Waals surface area contributed by atoms with E-state index in [1.165, 1.54) is 81.0 Å². The van der Waals surface area contributed by atoms with Crippen molar-refractivity contribution in [3.63, 3.8) is 0 Å². The number of likely N-dealkylation sites (tertiary alicyclic amines) is 1. The van der Waals surface area contributed by atoms with Gasteiger partial charge in [-0.25, -0.2) is 12.7 Å². The van der Waals surface area contributed by atoms with Gasteiger partial charge in [0.15, 0.2) is 5.78 Å². The predicted octanol–water partition coefficient (Wildman–Crippen LogP) is 19.7. The van der Waals surface area contributed by atoms with Crippen LogP contribution in [-0.4, -0.2) is 131 Å². The van der Waals surface area contributed by atoms with E-state index in [1.807, 2.05) is 140 Å². The number of allylic oxidation sites excluding steroid dienone is 5. The summed E-state index contributed by atoms with van der Waals surface area (Å²) < 4.78 is 41.3. The Hall–Kier alpha value is -9.20. The van der Waals surface area contributed by atoms with Crippen LogP contribution in [0.25, 0.3) is 0 Å². The van der Waals surface area contributed by atoms with Crippen molar-refractivity contribution in [3.8, 4) is 5.75 Å². The van der Waals surface area contributed by atoms with Gasteiger partial charge in [-0.15, -0.1) is 6.58 Å². The van der Waals surface area contributed by atoms with Crippen LogP contribution in [0, 0.1) is 12.3 Å². The molecule has 0 radical (unpaired) electrons. The van der Waals surface area contributed by atoms with E-state index in [2.05, 4.69) is 127 Å². The summed E-state index contributed by atoms with van der Waals surface area (Å²) in [5, 5.41) is 6.42. The first kappa shape index (κ1) is 93.4. The zero-order valence-corrected chi connectivity index (χ0v) is 71.1. The summed E-state index contributed by atoms with van der Waals surface area (Å²) in [5.41, 5.74) is 9.90. The number of fused-ring (bicyclic) bond motifs is 5. The Bertz CT molecular complexity index is 4200. The van der Waals surface area contributed by atoms with E-state index in [0.29, 0.717) is 66.5 Å². The molecule has 6 aromatic rings. The number of para-hydroxylation sites is 3. The number of hydrogen-bond donors (Lipinski definition) is 2. The lowest BCUT2D eigenvalue weighted by Gasteiger charge is -2.25. The smallest absolute Gasteiger partial charge is 0.274 e. The van der Waals surface area contributed by atoms with Crippen molar-refractivity contribution in [2.45, 2.75) is 208 Å². The molecule has 2 N–H and O–H groups in total. The number of nitrogens with one attached hydrogen (secondary N) is 2. The molecule has 5 aromatic carbocycles. The molecule has 2 unspecified atom stereocenters. The maximum absolute atomic E-state index is 13.8. The number of anilines is 4. The Morgan fingerprint density at radius 3 is 2.03 bits per heavy atom. The fraction of sp³-hybridized carbons (Fsp3) is 0.457. The molecule has 17 nitrogen and oxygen atoms in total. The zero-order valence-electron chi connectivity index (χ0n) is 70.3. The average molecular weight is 1550 g/mol. The molecular weight excluding hydrogens is 1420 g/mol. The minimum absolute atomic E-state index is 0.0420. The van der Waals surface area contributed by atoms with Gasteiger partial charge in [0, 0.05) is 98.1 Å². The normalized spacial score (nSPS) is 17.6. The summed E-state index contributed by atoms with van der Waals surface area (Å²) >= 11 is 0. The second-order valence-electron chi connectivity index (χ2n) is 30.6. The summed E-state index contributed by atoms with van der Waals surface area (Å²) in [7, 11) is -0.745. The molecule has 112 heavy (non-hydrogen) atoms. The second kappa shape index (κ2) is 47.3. The molecule has 2 fully saturated rings. The van der Waals surface area contributed by atoms with Crippen molar-refractivity contribution in [1.82, 2.24) is 19.7 Å².